The van der Waals surface area contributed by atoms with Crippen LogP contribution in [0.2, 0.25) is 0 Å². The molecule has 0 aliphatic carbocycles. The van der Waals surface area contributed by atoms with Crippen molar-refractivity contribution in [2.75, 3.05) is 5.32 Å². The van der Waals surface area contributed by atoms with Crippen molar-refractivity contribution in [2.45, 2.75) is 6.42 Å². The van der Waals surface area contributed by atoms with Crippen LogP contribution in [0.4, 0.5) is 14.5 Å². The van der Waals surface area contributed by atoms with Crippen molar-refractivity contribution in [2.24, 2.45) is 5.73 Å². The molecule has 0 atom stereocenters. The predicted molar refractivity (Wildman–Crippen MR) is 111 cm³/mol. The number of amides is 2. The fourth-order valence-electron chi connectivity index (χ4n) is 2.41. The number of rotatable bonds is 6. The number of nitrogens with zero attached hydrogens (tertiary/aromatic N) is 2. The minimum absolute atomic E-state index is 0.00450. The molecular weight excluding hydrogens is 428 g/mol. The largest absolute Gasteiger partial charge is 0.436 e. The third-order valence-electron chi connectivity index (χ3n) is 3.79. The van der Waals surface area contributed by atoms with E-state index in [2.05, 4.69) is 20.6 Å². The van der Waals surface area contributed by atoms with Gasteiger partial charge < -0.3 is 21.1 Å². The number of carbonyl (C=O) groups is 2. The normalized spacial score (nSPS) is 10.3. The number of primary amides is 1. The van der Waals surface area contributed by atoms with Gasteiger partial charge in [-0.25, -0.2) is 13.8 Å². The van der Waals surface area contributed by atoms with Gasteiger partial charge in [0.05, 0.1) is 6.42 Å². The molecule has 0 saturated carbocycles. The lowest BCUT2D eigenvalue weighted by Crippen LogP contribution is -2.35. The van der Waals surface area contributed by atoms with Gasteiger partial charge >= 0.3 is 0 Å². The Hall–Kier alpha value is -3.99. The van der Waals surface area contributed by atoms with Crippen molar-refractivity contribution in [3.8, 4) is 11.6 Å². The second kappa shape index (κ2) is 9.67. The third-order valence-corrected chi connectivity index (χ3v) is 3.99. The first-order chi connectivity index (χ1) is 14.8. The van der Waals surface area contributed by atoms with Crippen LogP contribution in [0.25, 0.3) is 0 Å². The molecule has 31 heavy (non-hydrogen) atoms. The number of hydrogen-bond acceptors (Lipinski definition) is 6. The summed E-state index contributed by atoms with van der Waals surface area (Å²) in [4.78, 5) is 30.6. The Labute approximate surface area is 180 Å². The van der Waals surface area contributed by atoms with Crippen LogP contribution in [0.3, 0.4) is 0 Å². The van der Waals surface area contributed by atoms with Gasteiger partial charge in [0.15, 0.2) is 16.7 Å². The van der Waals surface area contributed by atoms with Crippen LogP contribution in [0.1, 0.15) is 16.2 Å². The van der Waals surface area contributed by atoms with E-state index in [-0.39, 0.29) is 34.7 Å². The molecule has 2 amide bonds. The van der Waals surface area contributed by atoms with E-state index in [4.69, 9.17) is 22.7 Å². The first kappa shape index (κ1) is 21.7. The molecule has 3 aromatic rings. The van der Waals surface area contributed by atoms with Gasteiger partial charge in [-0.1, -0.05) is 12.1 Å². The number of hydrogen-bond donors (Lipinski definition) is 3. The maximum Gasteiger partial charge on any atom is 0.286 e. The van der Waals surface area contributed by atoms with Crippen LogP contribution in [0, 0.1) is 11.6 Å². The fraction of sp³-hybridized carbons (Fsp3) is 0.0500. The first-order valence-corrected chi connectivity index (χ1v) is 9.16. The Morgan fingerprint density at radius 2 is 1.84 bits per heavy atom. The lowest BCUT2D eigenvalue weighted by molar-refractivity contribution is -0.119. The van der Waals surface area contributed by atoms with Crippen LogP contribution < -0.4 is 21.1 Å². The average Bonchev–Trinajstić information content (AvgIpc) is 2.72. The van der Waals surface area contributed by atoms with Crippen LogP contribution in [0.15, 0.2) is 54.7 Å². The SMILES string of the molecule is NC(=O)c1nccc(Oc2ccc(NC(=S)NC(=O)Cc3ccc(F)cc3)cc2F)n1. The van der Waals surface area contributed by atoms with E-state index < -0.39 is 23.4 Å². The summed E-state index contributed by atoms with van der Waals surface area (Å²) >= 11 is 5.05. The maximum absolute atomic E-state index is 14.4. The maximum atomic E-state index is 14.4. The highest BCUT2D eigenvalue weighted by Crippen LogP contribution is 2.25. The van der Waals surface area contributed by atoms with E-state index in [1.54, 1.807) is 0 Å². The van der Waals surface area contributed by atoms with Crippen molar-refractivity contribution in [3.63, 3.8) is 0 Å². The molecule has 0 spiro atoms. The summed E-state index contributed by atoms with van der Waals surface area (Å²) in [7, 11) is 0. The van der Waals surface area contributed by atoms with Gasteiger partial charge in [-0.15, -0.1) is 0 Å². The summed E-state index contributed by atoms with van der Waals surface area (Å²) in [5.41, 5.74) is 5.97. The van der Waals surface area contributed by atoms with Crippen molar-refractivity contribution in [1.29, 1.82) is 0 Å². The predicted octanol–water partition coefficient (Wildman–Crippen LogP) is 2.70. The van der Waals surface area contributed by atoms with E-state index in [0.717, 1.165) is 6.07 Å². The van der Waals surface area contributed by atoms with Crippen molar-refractivity contribution in [3.05, 3.63) is 77.8 Å². The van der Waals surface area contributed by atoms with Crippen molar-refractivity contribution in [1.82, 2.24) is 15.3 Å². The van der Waals surface area contributed by atoms with E-state index in [1.165, 1.54) is 48.7 Å². The minimum Gasteiger partial charge on any atom is -0.436 e. The van der Waals surface area contributed by atoms with E-state index >= 15 is 0 Å². The monoisotopic (exact) mass is 443 g/mol. The Balaban J connectivity index is 1.58. The van der Waals surface area contributed by atoms with Gasteiger partial charge in [-0.3, -0.25) is 9.59 Å². The molecule has 0 aliphatic heterocycles. The molecule has 0 radical (unpaired) electrons. The summed E-state index contributed by atoms with van der Waals surface area (Å²) < 4.78 is 32.6. The lowest BCUT2D eigenvalue weighted by Gasteiger charge is -2.11. The number of ether oxygens (including phenoxy) is 1. The summed E-state index contributed by atoms with van der Waals surface area (Å²) in [5, 5.41) is 5.10. The number of benzene rings is 2. The average molecular weight is 443 g/mol. The zero-order valence-electron chi connectivity index (χ0n) is 15.8. The number of aromatic nitrogens is 2. The van der Waals surface area contributed by atoms with Crippen LogP contribution >= 0.6 is 12.2 Å². The zero-order chi connectivity index (χ0) is 22.4. The molecule has 8 nitrogen and oxygen atoms in total. The van der Waals surface area contributed by atoms with Crippen LogP contribution in [-0.4, -0.2) is 26.9 Å². The van der Waals surface area contributed by atoms with Gasteiger partial charge in [0.25, 0.3) is 5.91 Å². The Kier molecular flexibility index (Phi) is 6.78. The molecule has 0 aliphatic rings. The molecular formula is C20H15F2N5O3S. The highest BCUT2D eigenvalue weighted by molar-refractivity contribution is 7.80. The standard InChI is InChI=1S/C20H15F2N5O3S/c21-12-3-1-11(2-4-12)9-16(28)26-20(31)25-13-5-6-15(14(22)10-13)30-17-7-8-24-19(27-17)18(23)29/h1-8,10H,9H2,(H2,23,29)(H2,25,26,28,31). The molecule has 158 valence electrons. The number of carbonyl (C=O) groups excluding carboxylic acids is 2. The van der Waals surface area contributed by atoms with Gasteiger partial charge in [0.1, 0.15) is 5.82 Å². The fourth-order valence-corrected chi connectivity index (χ4v) is 2.64. The second-order valence-electron chi connectivity index (χ2n) is 6.14. The summed E-state index contributed by atoms with van der Waals surface area (Å²) in [5.74, 6) is -2.90. The van der Waals surface area contributed by atoms with Gasteiger partial charge in [-0.2, -0.15) is 4.98 Å². The van der Waals surface area contributed by atoms with Crippen LogP contribution in [0.5, 0.6) is 11.6 Å². The van der Waals surface area contributed by atoms with Crippen molar-refractivity contribution < 1.29 is 23.1 Å². The van der Waals surface area contributed by atoms with Crippen LogP contribution in [-0.2, 0) is 11.2 Å². The molecule has 0 fully saturated rings. The van der Waals surface area contributed by atoms with E-state index in [9.17, 15) is 18.4 Å². The second-order valence-corrected chi connectivity index (χ2v) is 6.54. The number of thiocarbonyl (C=S) groups is 1. The molecule has 0 saturated heterocycles. The third kappa shape index (κ3) is 6.24. The summed E-state index contributed by atoms with van der Waals surface area (Å²) in [6, 6.07) is 10.7. The smallest absolute Gasteiger partial charge is 0.286 e. The van der Waals surface area contributed by atoms with Gasteiger partial charge in [-0.05, 0) is 42.0 Å². The molecule has 4 N–H and O–H groups in total. The number of anilines is 1. The highest BCUT2D eigenvalue weighted by atomic mass is 32.1. The molecule has 0 bridgehead atoms. The summed E-state index contributed by atoms with van der Waals surface area (Å²) in [6.07, 6.45) is 1.25. The first-order valence-electron chi connectivity index (χ1n) is 8.75. The minimum atomic E-state index is -0.847. The number of halogens is 2. The Morgan fingerprint density at radius 3 is 2.52 bits per heavy atom. The molecule has 1 aromatic heterocycles. The molecule has 3 rings (SSSR count). The quantitative estimate of drug-likeness (QED) is 0.501. The topological polar surface area (TPSA) is 119 Å². The molecule has 0 unspecified atom stereocenters. The van der Waals surface area contributed by atoms with Crippen molar-refractivity contribution >= 4 is 34.8 Å². The molecule has 11 heteroatoms. The Morgan fingerprint density at radius 1 is 1.10 bits per heavy atom. The van der Waals surface area contributed by atoms with E-state index in [0.29, 0.717) is 5.56 Å². The highest BCUT2D eigenvalue weighted by Gasteiger charge is 2.12. The molecule has 1 heterocycles. The Bertz CT molecular complexity index is 1140. The number of nitrogens with two attached hydrogens (primary N) is 1. The van der Waals surface area contributed by atoms with Gasteiger partial charge in [0.2, 0.25) is 17.6 Å². The van der Waals surface area contributed by atoms with E-state index in [1.807, 2.05) is 0 Å². The van der Waals surface area contributed by atoms with Gasteiger partial charge in [0, 0.05) is 24.0 Å². The summed E-state index contributed by atoms with van der Waals surface area (Å²) in [6.45, 7) is 0. The zero-order valence-corrected chi connectivity index (χ0v) is 16.6. The lowest BCUT2D eigenvalue weighted by atomic mass is 10.1. The molecule has 2 aromatic carbocycles. The number of nitrogens with one attached hydrogen (secondary N) is 2.